The van der Waals surface area contributed by atoms with Crippen LogP contribution in [-0.4, -0.2) is 48.4 Å². The van der Waals surface area contributed by atoms with Gasteiger partial charge < -0.3 is 9.80 Å². The van der Waals surface area contributed by atoms with Gasteiger partial charge in [-0.1, -0.05) is 0 Å². The maximum Gasteiger partial charge on any atom is 0.0958 e. The first-order valence-corrected chi connectivity index (χ1v) is 4.93. The van der Waals surface area contributed by atoms with E-state index in [1.54, 1.807) is 0 Å². The fourth-order valence-corrected chi connectivity index (χ4v) is 1.51. The van der Waals surface area contributed by atoms with Gasteiger partial charge >= 0.3 is 0 Å². The van der Waals surface area contributed by atoms with E-state index in [-0.39, 0.29) is 5.54 Å². The summed E-state index contributed by atoms with van der Waals surface area (Å²) in [4.78, 5) is 4.42. The summed E-state index contributed by atoms with van der Waals surface area (Å²) in [6.07, 6.45) is 2.12. The number of rotatable bonds is 3. The Kier molecular flexibility index (Phi) is 2.96. The van der Waals surface area contributed by atoms with Crippen molar-refractivity contribution in [1.29, 1.82) is 5.41 Å². The SMILES string of the molecule is CN(C)C(C)(C)CN1CCCC1=N. The molecule has 0 unspecified atom stereocenters. The molecule has 0 atom stereocenters. The van der Waals surface area contributed by atoms with Gasteiger partial charge in [0, 0.05) is 25.0 Å². The molecule has 3 heteroatoms. The van der Waals surface area contributed by atoms with Crippen molar-refractivity contribution in [2.45, 2.75) is 32.2 Å². The first-order chi connectivity index (χ1) is 5.93. The van der Waals surface area contributed by atoms with Crippen molar-refractivity contribution >= 4 is 5.84 Å². The molecule has 0 aromatic heterocycles. The maximum absolute atomic E-state index is 7.73. The third-order valence-corrected chi connectivity index (χ3v) is 3.01. The molecule has 0 aromatic rings. The van der Waals surface area contributed by atoms with E-state index in [1.165, 1.54) is 0 Å². The molecule has 76 valence electrons. The summed E-state index contributed by atoms with van der Waals surface area (Å²) < 4.78 is 0. The molecule has 13 heavy (non-hydrogen) atoms. The number of hydrogen-bond acceptors (Lipinski definition) is 2. The summed E-state index contributed by atoms with van der Waals surface area (Å²) in [6, 6.07) is 0. The third-order valence-electron chi connectivity index (χ3n) is 3.01. The van der Waals surface area contributed by atoms with Crippen LogP contribution in [-0.2, 0) is 0 Å². The zero-order valence-corrected chi connectivity index (χ0v) is 9.22. The summed E-state index contributed by atoms with van der Waals surface area (Å²) in [6.45, 7) is 6.48. The largest absolute Gasteiger partial charge is 0.359 e. The fraction of sp³-hybridized carbons (Fsp3) is 0.900. The van der Waals surface area contributed by atoms with Gasteiger partial charge in [-0.05, 0) is 34.4 Å². The lowest BCUT2D eigenvalue weighted by molar-refractivity contribution is 0.158. The highest BCUT2D eigenvalue weighted by Crippen LogP contribution is 2.17. The molecule has 0 saturated carbocycles. The summed E-state index contributed by atoms with van der Waals surface area (Å²) in [5.41, 5.74) is 0.163. The molecule has 1 fully saturated rings. The van der Waals surface area contributed by atoms with Gasteiger partial charge in [-0.15, -0.1) is 0 Å². The first kappa shape index (κ1) is 10.5. The average Bonchev–Trinajstić information content (AvgIpc) is 2.35. The topological polar surface area (TPSA) is 30.3 Å². The van der Waals surface area contributed by atoms with E-state index in [4.69, 9.17) is 5.41 Å². The molecule has 0 aromatic carbocycles. The molecule has 3 nitrogen and oxygen atoms in total. The minimum absolute atomic E-state index is 0.163. The van der Waals surface area contributed by atoms with Crippen molar-refractivity contribution in [2.24, 2.45) is 0 Å². The van der Waals surface area contributed by atoms with Crippen molar-refractivity contribution < 1.29 is 0 Å². The van der Waals surface area contributed by atoms with Crippen LogP contribution in [0.25, 0.3) is 0 Å². The highest BCUT2D eigenvalue weighted by molar-refractivity contribution is 5.81. The summed E-state index contributed by atoms with van der Waals surface area (Å²) in [5, 5.41) is 7.73. The van der Waals surface area contributed by atoms with Crippen molar-refractivity contribution in [2.75, 3.05) is 27.2 Å². The van der Waals surface area contributed by atoms with Gasteiger partial charge in [0.25, 0.3) is 0 Å². The van der Waals surface area contributed by atoms with E-state index in [2.05, 4.69) is 37.7 Å². The molecule has 0 radical (unpaired) electrons. The average molecular weight is 183 g/mol. The Balaban J connectivity index is 2.52. The molecule has 0 spiro atoms. The molecule has 0 aliphatic carbocycles. The van der Waals surface area contributed by atoms with Gasteiger partial charge in [-0.2, -0.15) is 0 Å². The van der Waals surface area contributed by atoms with Crippen LogP contribution in [0.1, 0.15) is 26.7 Å². The van der Waals surface area contributed by atoms with Crippen LogP contribution < -0.4 is 0 Å². The number of nitrogens with one attached hydrogen (secondary N) is 1. The van der Waals surface area contributed by atoms with Gasteiger partial charge in [0.05, 0.1) is 5.84 Å². The summed E-state index contributed by atoms with van der Waals surface area (Å²) in [5.74, 6) is 0.815. The van der Waals surface area contributed by atoms with Crippen molar-refractivity contribution in [3.63, 3.8) is 0 Å². The highest BCUT2D eigenvalue weighted by atomic mass is 15.2. The number of likely N-dealkylation sites (tertiary alicyclic amines) is 1. The van der Waals surface area contributed by atoms with Crippen LogP contribution in [0.2, 0.25) is 0 Å². The minimum Gasteiger partial charge on any atom is -0.359 e. The molecular weight excluding hydrogens is 162 g/mol. The molecule has 1 aliphatic rings. The Hall–Kier alpha value is -0.570. The molecule has 1 saturated heterocycles. The van der Waals surface area contributed by atoms with E-state index >= 15 is 0 Å². The Morgan fingerprint density at radius 3 is 2.46 bits per heavy atom. The van der Waals surface area contributed by atoms with Crippen molar-refractivity contribution in [1.82, 2.24) is 9.80 Å². The molecule has 1 heterocycles. The van der Waals surface area contributed by atoms with Gasteiger partial charge in [0.15, 0.2) is 0 Å². The lowest BCUT2D eigenvalue weighted by atomic mass is 10.0. The van der Waals surface area contributed by atoms with E-state index in [9.17, 15) is 0 Å². The second kappa shape index (κ2) is 3.66. The number of hydrogen-bond donors (Lipinski definition) is 1. The minimum atomic E-state index is 0.163. The Morgan fingerprint density at radius 2 is 2.08 bits per heavy atom. The first-order valence-electron chi connectivity index (χ1n) is 4.93. The van der Waals surface area contributed by atoms with E-state index in [0.29, 0.717) is 0 Å². The van der Waals surface area contributed by atoms with Gasteiger partial charge in [0.1, 0.15) is 0 Å². The smallest absolute Gasteiger partial charge is 0.0958 e. The zero-order chi connectivity index (χ0) is 10.1. The Labute approximate surface area is 81.2 Å². The molecule has 1 rings (SSSR count). The Bertz CT molecular complexity index is 196. The lowest BCUT2D eigenvalue weighted by Crippen LogP contribution is -2.48. The monoisotopic (exact) mass is 183 g/mol. The van der Waals surface area contributed by atoms with Gasteiger partial charge in [-0.25, -0.2) is 0 Å². The van der Waals surface area contributed by atoms with Crippen LogP contribution in [0, 0.1) is 5.41 Å². The van der Waals surface area contributed by atoms with E-state index in [1.807, 2.05) is 0 Å². The maximum atomic E-state index is 7.73. The highest BCUT2D eigenvalue weighted by Gasteiger charge is 2.27. The molecule has 0 bridgehead atoms. The zero-order valence-electron chi connectivity index (χ0n) is 9.22. The molecule has 1 N–H and O–H groups in total. The van der Waals surface area contributed by atoms with Crippen LogP contribution >= 0.6 is 0 Å². The number of likely N-dealkylation sites (N-methyl/N-ethyl adjacent to an activating group) is 1. The number of amidine groups is 1. The lowest BCUT2D eigenvalue weighted by Gasteiger charge is -2.36. The summed E-state index contributed by atoms with van der Waals surface area (Å²) in [7, 11) is 4.19. The van der Waals surface area contributed by atoms with Crippen LogP contribution in [0.3, 0.4) is 0 Å². The predicted molar refractivity (Wildman–Crippen MR) is 56.3 cm³/mol. The predicted octanol–water partition coefficient (Wildman–Crippen LogP) is 1.40. The second-order valence-electron chi connectivity index (χ2n) is 4.68. The van der Waals surface area contributed by atoms with Crippen LogP contribution in [0.4, 0.5) is 0 Å². The second-order valence-corrected chi connectivity index (χ2v) is 4.68. The van der Waals surface area contributed by atoms with Crippen molar-refractivity contribution in [3.05, 3.63) is 0 Å². The normalized spacial score (nSPS) is 18.8. The van der Waals surface area contributed by atoms with Crippen LogP contribution in [0.15, 0.2) is 0 Å². The third kappa shape index (κ3) is 2.44. The van der Waals surface area contributed by atoms with E-state index < -0.39 is 0 Å². The van der Waals surface area contributed by atoms with Gasteiger partial charge in [-0.3, -0.25) is 5.41 Å². The molecule has 0 amide bonds. The quantitative estimate of drug-likeness (QED) is 0.717. The Morgan fingerprint density at radius 1 is 1.46 bits per heavy atom. The van der Waals surface area contributed by atoms with Crippen LogP contribution in [0.5, 0.6) is 0 Å². The molecular formula is C10H21N3. The van der Waals surface area contributed by atoms with Crippen molar-refractivity contribution in [3.8, 4) is 0 Å². The standard InChI is InChI=1S/C10H21N3/c1-10(2,12(3)4)8-13-7-5-6-9(13)11/h11H,5-8H2,1-4H3. The fourth-order valence-electron chi connectivity index (χ4n) is 1.51. The molecule has 1 aliphatic heterocycles. The number of nitrogens with zero attached hydrogens (tertiary/aromatic N) is 2. The summed E-state index contributed by atoms with van der Waals surface area (Å²) >= 11 is 0. The van der Waals surface area contributed by atoms with Gasteiger partial charge in [0.2, 0.25) is 0 Å². The van der Waals surface area contributed by atoms with E-state index in [0.717, 1.165) is 31.8 Å².